The maximum Gasteiger partial charge on any atom is 0.187 e. The summed E-state index contributed by atoms with van der Waals surface area (Å²) in [5.74, 6) is 2.18. The van der Waals surface area contributed by atoms with Gasteiger partial charge in [0.1, 0.15) is 30.0 Å². The molecule has 2 aromatic carbocycles. The zero-order valence-electron chi connectivity index (χ0n) is 18.0. The summed E-state index contributed by atoms with van der Waals surface area (Å²) < 4.78 is 7.77. The molecule has 0 radical (unpaired) electrons. The first-order chi connectivity index (χ1) is 16.7. The normalized spacial score (nSPS) is 11.1. The monoisotopic (exact) mass is 466 g/mol. The molecule has 0 amide bonds. The van der Waals surface area contributed by atoms with Crippen molar-refractivity contribution in [3.63, 3.8) is 0 Å². The minimum absolute atomic E-state index is 0.700. The van der Waals surface area contributed by atoms with Crippen LogP contribution >= 0.6 is 11.3 Å². The van der Waals surface area contributed by atoms with Gasteiger partial charge in [-0.1, -0.05) is 0 Å². The third-order valence-electron chi connectivity index (χ3n) is 5.24. The van der Waals surface area contributed by atoms with Crippen molar-refractivity contribution < 1.29 is 4.74 Å². The van der Waals surface area contributed by atoms with Gasteiger partial charge < -0.3 is 15.4 Å². The number of fused-ring (bicyclic) bond motifs is 2. The molecule has 10 heteroatoms. The highest BCUT2D eigenvalue weighted by atomic mass is 32.1. The summed E-state index contributed by atoms with van der Waals surface area (Å²) in [6.07, 6.45) is 6.66. The van der Waals surface area contributed by atoms with Crippen LogP contribution in [0.3, 0.4) is 0 Å². The van der Waals surface area contributed by atoms with E-state index >= 15 is 0 Å². The zero-order chi connectivity index (χ0) is 22.9. The van der Waals surface area contributed by atoms with Gasteiger partial charge in [-0.15, -0.1) is 11.3 Å². The number of anilines is 4. The quantitative estimate of drug-likeness (QED) is 0.321. The molecule has 0 aliphatic carbocycles. The van der Waals surface area contributed by atoms with Crippen molar-refractivity contribution in [2.45, 2.75) is 6.92 Å². The molecular weight excluding hydrogens is 448 g/mol. The Bertz CT molecular complexity index is 1610. The Morgan fingerprint density at radius 2 is 1.79 bits per heavy atom. The molecule has 0 unspecified atom stereocenters. The standard InChI is InChI=1S/C24H18N8OS/c1-15-10-16(3-5-21(15)33-18-6-8-32-22(12-18)27-14-29-32)30-23-19-11-17(31-24-25-7-9-34-24)2-4-20(19)26-13-28-23/h2-14H,1H3,(H,25,31)(H,26,28,30). The van der Waals surface area contributed by atoms with Gasteiger partial charge >= 0.3 is 0 Å². The van der Waals surface area contributed by atoms with Crippen molar-refractivity contribution in [2.75, 3.05) is 10.6 Å². The van der Waals surface area contributed by atoms with E-state index in [1.807, 2.05) is 67.0 Å². The van der Waals surface area contributed by atoms with Crippen LogP contribution in [0.4, 0.5) is 22.3 Å². The van der Waals surface area contributed by atoms with E-state index in [9.17, 15) is 0 Å². The Balaban J connectivity index is 1.25. The number of ether oxygens (including phenoxy) is 1. The second-order valence-corrected chi connectivity index (χ2v) is 8.44. The lowest BCUT2D eigenvalue weighted by atomic mass is 10.1. The lowest BCUT2D eigenvalue weighted by Gasteiger charge is -2.13. The SMILES string of the molecule is Cc1cc(Nc2ncnc3ccc(Nc4nccs4)cc23)ccc1Oc1ccn2ncnc2c1. The second kappa shape index (κ2) is 8.41. The number of pyridine rings is 1. The molecule has 166 valence electrons. The molecule has 0 spiro atoms. The van der Waals surface area contributed by atoms with Gasteiger partial charge in [0.05, 0.1) is 5.52 Å². The summed E-state index contributed by atoms with van der Waals surface area (Å²) in [4.78, 5) is 17.4. The highest BCUT2D eigenvalue weighted by Crippen LogP contribution is 2.31. The van der Waals surface area contributed by atoms with Gasteiger partial charge in [-0.25, -0.2) is 24.5 Å². The van der Waals surface area contributed by atoms with E-state index in [0.29, 0.717) is 5.75 Å². The molecule has 0 aliphatic rings. The van der Waals surface area contributed by atoms with Crippen LogP contribution in [0.2, 0.25) is 0 Å². The third-order valence-corrected chi connectivity index (χ3v) is 5.93. The first kappa shape index (κ1) is 20.1. The molecule has 6 aromatic rings. The third kappa shape index (κ3) is 3.97. The number of nitrogens with one attached hydrogen (secondary N) is 2. The van der Waals surface area contributed by atoms with Gasteiger partial charge in [0.15, 0.2) is 10.8 Å². The average Bonchev–Trinajstić information content (AvgIpc) is 3.53. The van der Waals surface area contributed by atoms with Gasteiger partial charge in [-0.05, 0) is 55.0 Å². The maximum absolute atomic E-state index is 6.08. The fourth-order valence-electron chi connectivity index (χ4n) is 3.61. The zero-order valence-corrected chi connectivity index (χ0v) is 18.8. The summed E-state index contributed by atoms with van der Waals surface area (Å²) in [5.41, 5.74) is 4.38. The van der Waals surface area contributed by atoms with Crippen molar-refractivity contribution in [3.05, 3.63) is 84.5 Å². The lowest BCUT2D eigenvalue weighted by molar-refractivity contribution is 0.478. The number of hydrogen-bond acceptors (Lipinski definition) is 9. The fourth-order valence-corrected chi connectivity index (χ4v) is 4.16. The number of nitrogens with zero attached hydrogens (tertiary/aromatic N) is 6. The number of rotatable bonds is 6. The number of aromatic nitrogens is 6. The molecule has 0 fully saturated rings. The molecule has 2 N–H and O–H groups in total. The molecular formula is C24H18N8OS. The number of thiazole rings is 1. The molecule has 6 rings (SSSR count). The molecule has 9 nitrogen and oxygen atoms in total. The summed E-state index contributed by atoms with van der Waals surface area (Å²) in [6, 6.07) is 15.6. The molecule has 0 bridgehead atoms. The largest absolute Gasteiger partial charge is 0.457 e. The Labute approximate surface area is 198 Å². The molecule has 0 saturated carbocycles. The molecule has 0 atom stereocenters. The minimum atomic E-state index is 0.700. The van der Waals surface area contributed by atoms with Crippen molar-refractivity contribution in [2.24, 2.45) is 0 Å². The first-order valence-electron chi connectivity index (χ1n) is 10.5. The predicted molar refractivity (Wildman–Crippen MR) is 132 cm³/mol. The smallest absolute Gasteiger partial charge is 0.187 e. The van der Waals surface area contributed by atoms with Gasteiger partial charge in [0.25, 0.3) is 0 Å². The molecule has 4 heterocycles. The van der Waals surface area contributed by atoms with E-state index in [0.717, 1.165) is 50.2 Å². The van der Waals surface area contributed by atoms with Crippen LogP contribution in [0.25, 0.3) is 16.6 Å². The highest BCUT2D eigenvalue weighted by molar-refractivity contribution is 7.13. The Hall–Kier alpha value is -4.57. The van der Waals surface area contributed by atoms with Gasteiger partial charge in [0.2, 0.25) is 0 Å². The van der Waals surface area contributed by atoms with E-state index in [2.05, 4.69) is 35.7 Å². The second-order valence-electron chi connectivity index (χ2n) is 7.55. The molecule has 34 heavy (non-hydrogen) atoms. The highest BCUT2D eigenvalue weighted by Gasteiger charge is 2.09. The lowest BCUT2D eigenvalue weighted by Crippen LogP contribution is -1.98. The van der Waals surface area contributed by atoms with E-state index < -0.39 is 0 Å². The minimum Gasteiger partial charge on any atom is -0.457 e. The molecule has 0 aliphatic heterocycles. The fraction of sp³-hybridized carbons (Fsp3) is 0.0417. The summed E-state index contributed by atoms with van der Waals surface area (Å²) in [5, 5.41) is 14.5. The average molecular weight is 467 g/mol. The molecule has 0 saturated heterocycles. The van der Waals surface area contributed by atoms with Crippen molar-refractivity contribution >= 4 is 50.2 Å². The van der Waals surface area contributed by atoms with Crippen LogP contribution < -0.4 is 15.4 Å². The number of aryl methyl sites for hydroxylation is 1. The summed E-state index contributed by atoms with van der Waals surface area (Å²) in [6.45, 7) is 2.00. The van der Waals surface area contributed by atoms with Crippen LogP contribution in [0.15, 0.2) is 79.0 Å². The van der Waals surface area contributed by atoms with Gasteiger partial charge in [-0.2, -0.15) is 5.10 Å². The van der Waals surface area contributed by atoms with E-state index in [-0.39, 0.29) is 0 Å². The van der Waals surface area contributed by atoms with Crippen LogP contribution in [0.1, 0.15) is 5.56 Å². The number of benzene rings is 2. The summed E-state index contributed by atoms with van der Waals surface area (Å²) >= 11 is 1.55. The Morgan fingerprint density at radius 3 is 2.68 bits per heavy atom. The van der Waals surface area contributed by atoms with Crippen LogP contribution in [-0.2, 0) is 0 Å². The molecule has 4 aromatic heterocycles. The van der Waals surface area contributed by atoms with E-state index in [1.165, 1.54) is 6.33 Å². The van der Waals surface area contributed by atoms with Crippen molar-refractivity contribution in [1.29, 1.82) is 0 Å². The first-order valence-corrected chi connectivity index (χ1v) is 11.4. The van der Waals surface area contributed by atoms with E-state index in [4.69, 9.17) is 4.74 Å². The van der Waals surface area contributed by atoms with Gasteiger partial charge in [0, 0.05) is 40.6 Å². The topological polar surface area (TPSA) is 102 Å². The van der Waals surface area contributed by atoms with Crippen molar-refractivity contribution in [3.8, 4) is 11.5 Å². The van der Waals surface area contributed by atoms with Crippen LogP contribution in [0, 0.1) is 6.92 Å². The predicted octanol–water partition coefficient (Wildman–Crippen LogP) is 5.72. The van der Waals surface area contributed by atoms with Crippen LogP contribution in [-0.4, -0.2) is 29.5 Å². The van der Waals surface area contributed by atoms with Gasteiger partial charge in [-0.3, -0.25) is 0 Å². The van der Waals surface area contributed by atoms with Crippen molar-refractivity contribution in [1.82, 2.24) is 29.5 Å². The number of hydrogen-bond donors (Lipinski definition) is 2. The summed E-state index contributed by atoms with van der Waals surface area (Å²) in [7, 11) is 0. The van der Waals surface area contributed by atoms with Crippen LogP contribution in [0.5, 0.6) is 11.5 Å². The Morgan fingerprint density at radius 1 is 0.882 bits per heavy atom. The van der Waals surface area contributed by atoms with E-state index in [1.54, 1.807) is 28.4 Å². The Kier molecular flexibility index (Phi) is 4.96. The maximum atomic E-state index is 6.08.